The molecule has 72 valence electrons. The van der Waals surface area contributed by atoms with E-state index < -0.39 is 0 Å². The maximum atomic E-state index is 4.46. The second-order valence-electron chi connectivity index (χ2n) is 4.10. The van der Waals surface area contributed by atoms with E-state index in [4.69, 9.17) is 0 Å². The van der Waals surface area contributed by atoms with Crippen LogP contribution >= 0.6 is 0 Å². The number of hydrazone groups is 1. The van der Waals surface area contributed by atoms with Gasteiger partial charge in [0.25, 0.3) is 0 Å². The molecule has 1 aliphatic heterocycles. The summed E-state index contributed by atoms with van der Waals surface area (Å²) >= 11 is 0. The Morgan fingerprint density at radius 3 is 3.14 bits per heavy atom. The van der Waals surface area contributed by atoms with E-state index in [0.29, 0.717) is 5.92 Å². The number of hydrogen-bond acceptors (Lipinski definition) is 2. The van der Waals surface area contributed by atoms with Crippen molar-refractivity contribution >= 4 is 11.4 Å². The van der Waals surface area contributed by atoms with E-state index >= 15 is 0 Å². The first-order valence-corrected chi connectivity index (χ1v) is 5.36. The summed E-state index contributed by atoms with van der Waals surface area (Å²) in [7, 11) is 0. The fourth-order valence-corrected chi connectivity index (χ4v) is 2.50. The lowest BCUT2D eigenvalue weighted by Gasteiger charge is -2.29. The van der Waals surface area contributed by atoms with Gasteiger partial charge in [0.05, 0.1) is 5.69 Å². The van der Waals surface area contributed by atoms with Crippen molar-refractivity contribution in [2.45, 2.75) is 31.6 Å². The molecule has 1 aromatic rings. The van der Waals surface area contributed by atoms with Crippen molar-refractivity contribution in [2.24, 2.45) is 5.10 Å². The summed E-state index contributed by atoms with van der Waals surface area (Å²) in [6.45, 7) is 0. The van der Waals surface area contributed by atoms with E-state index in [1.54, 1.807) is 0 Å². The SMILES string of the molecule is c1ccc2c(c1)NN=C1CCCCC12. The van der Waals surface area contributed by atoms with Crippen molar-refractivity contribution in [1.82, 2.24) is 0 Å². The number of rotatable bonds is 0. The van der Waals surface area contributed by atoms with Crippen LogP contribution in [0.25, 0.3) is 0 Å². The fourth-order valence-electron chi connectivity index (χ4n) is 2.50. The molecule has 2 nitrogen and oxygen atoms in total. The van der Waals surface area contributed by atoms with Crippen LogP contribution in [-0.4, -0.2) is 5.71 Å². The maximum Gasteiger partial charge on any atom is 0.0600 e. The second-order valence-corrected chi connectivity index (χ2v) is 4.10. The zero-order valence-corrected chi connectivity index (χ0v) is 8.16. The maximum absolute atomic E-state index is 4.46. The van der Waals surface area contributed by atoms with Gasteiger partial charge in [-0.05, 0) is 30.9 Å². The molecule has 0 saturated heterocycles. The van der Waals surface area contributed by atoms with Crippen molar-refractivity contribution in [1.29, 1.82) is 0 Å². The zero-order chi connectivity index (χ0) is 9.38. The first-order chi connectivity index (χ1) is 6.95. The molecule has 1 atom stereocenters. The minimum absolute atomic E-state index is 0.598. The molecule has 0 spiro atoms. The van der Waals surface area contributed by atoms with Crippen LogP contribution in [0.4, 0.5) is 5.69 Å². The van der Waals surface area contributed by atoms with Gasteiger partial charge in [0.15, 0.2) is 0 Å². The molecule has 1 heterocycles. The van der Waals surface area contributed by atoms with Gasteiger partial charge in [0.2, 0.25) is 0 Å². The van der Waals surface area contributed by atoms with E-state index in [0.717, 1.165) is 0 Å². The molecular weight excluding hydrogens is 172 g/mol. The van der Waals surface area contributed by atoms with Gasteiger partial charge in [0, 0.05) is 11.6 Å². The minimum atomic E-state index is 0.598. The van der Waals surface area contributed by atoms with Crippen LogP contribution in [0.1, 0.15) is 37.2 Å². The summed E-state index contributed by atoms with van der Waals surface area (Å²) in [6.07, 6.45) is 5.10. The number of nitrogens with zero attached hydrogens (tertiary/aromatic N) is 1. The third-order valence-electron chi connectivity index (χ3n) is 3.23. The predicted molar refractivity (Wildman–Crippen MR) is 58.7 cm³/mol. The first kappa shape index (κ1) is 8.04. The molecule has 1 N–H and O–H groups in total. The van der Waals surface area contributed by atoms with Gasteiger partial charge >= 0.3 is 0 Å². The van der Waals surface area contributed by atoms with Crippen LogP contribution in [0.3, 0.4) is 0 Å². The van der Waals surface area contributed by atoms with Crippen LogP contribution in [0.2, 0.25) is 0 Å². The Morgan fingerprint density at radius 1 is 1.21 bits per heavy atom. The fraction of sp³-hybridized carbons (Fsp3) is 0.417. The molecule has 0 aromatic heterocycles. The Bertz CT molecular complexity index is 382. The van der Waals surface area contributed by atoms with Gasteiger partial charge in [-0.2, -0.15) is 5.10 Å². The number of benzene rings is 1. The molecule has 2 aliphatic rings. The molecule has 1 unspecified atom stereocenters. The summed E-state index contributed by atoms with van der Waals surface area (Å²) in [5.41, 5.74) is 7.15. The normalized spacial score (nSPS) is 24.3. The van der Waals surface area contributed by atoms with Crippen LogP contribution in [0.15, 0.2) is 29.4 Å². The van der Waals surface area contributed by atoms with E-state index in [2.05, 4.69) is 34.8 Å². The highest BCUT2D eigenvalue weighted by atomic mass is 15.3. The summed E-state index contributed by atoms with van der Waals surface area (Å²) in [4.78, 5) is 0. The van der Waals surface area contributed by atoms with Gasteiger partial charge < -0.3 is 0 Å². The van der Waals surface area contributed by atoms with Gasteiger partial charge in [-0.3, -0.25) is 5.43 Å². The van der Waals surface area contributed by atoms with Gasteiger partial charge in [0.1, 0.15) is 0 Å². The number of nitrogens with one attached hydrogen (secondary N) is 1. The van der Waals surface area contributed by atoms with E-state index in [1.165, 1.54) is 42.6 Å². The quantitative estimate of drug-likeness (QED) is 0.661. The topological polar surface area (TPSA) is 24.4 Å². The van der Waals surface area contributed by atoms with Crippen molar-refractivity contribution in [3.05, 3.63) is 29.8 Å². The predicted octanol–water partition coefficient (Wildman–Crippen LogP) is 3.13. The lowest BCUT2D eigenvalue weighted by Crippen LogP contribution is -2.23. The van der Waals surface area contributed by atoms with Crippen molar-refractivity contribution in [3.8, 4) is 0 Å². The Hall–Kier alpha value is -1.31. The summed E-state index contributed by atoms with van der Waals surface area (Å²) < 4.78 is 0. The van der Waals surface area contributed by atoms with Crippen molar-refractivity contribution in [3.63, 3.8) is 0 Å². The highest BCUT2D eigenvalue weighted by Crippen LogP contribution is 2.37. The van der Waals surface area contributed by atoms with Crippen molar-refractivity contribution < 1.29 is 0 Å². The van der Waals surface area contributed by atoms with Gasteiger partial charge in [-0.25, -0.2) is 0 Å². The van der Waals surface area contributed by atoms with Gasteiger partial charge in [-0.15, -0.1) is 0 Å². The Labute approximate surface area is 84.0 Å². The molecule has 1 aromatic carbocycles. The minimum Gasteiger partial charge on any atom is -0.278 e. The monoisotopic (exact) mass is 186 g/mol. The number of hydrogen-bond donors (Lipinski definition) is 1. The largest absolute Gasteiger partial charge is 0.278 e. The highest BCUT2D eigenvalue weighted by molar-refractivity contribution is 5.95. The average Bonchev–Trinajstić information content (AvgIpc) is 2.29. The summed E-state index contributed by atoms with van der Waals surface area (Å²) in [5, 5.41) is 4.46. The molecule has 0 amide bonds. The first-order valence-electron chi connectivity index (χ1n) is 5.36. The molecule has 2 heteroatoms. The Balaban J connectivity index is 2.05. The lowest BCUT2D eigenvalue weighted by molar-refractivity contribution is 0.608. The number of anilines is 1. The molecule has 1 fully saturated rings. The molecule has 1 saturated carbocycles. The molecule has 3 rings (SSSR count). The standard InChI is InChI=1S/C12H14N2/c1-3-7-11-9(5-1)10-6-2-4-8-12(10)14-13-11/h1,3,5,7,10,13H,2,4,6,8H2. The van der Waals surface area contributed by atoms with Crippen molar-refractivity contribution in [2.75, 3.05) is 5.43 Å². The average molecular weight is 186 g/mol. The van der Waals surface area contributed by atoms with E-state index in [9.17, 15) is 0 Å². The number of para-hydroxylation sites is 1. The highest BCUT2D eigenvalue weighted by Gasteiger charge is 2.26. The van der Waals surface area contributed by atoms with Crippen LogP contribution in [-0.2, 0) is 0 Å². The van der Waals surface area contributed by atoms with Gasteiger partial charge in [-0.1, -0.05) is 24.6 Å². The summed E-state index contributed by atoms with van der Waals surface area (Å²) in [5.74, 6) is 0.598. The third-order valence-corrected chi connectivity index (χ3v) is 3.23. The Morgan fingerprint density at radius 2 is 2.14 bits per heavy atom. The zero-order valence-electron chi connectivity index (χ0n) is 8.16. The molecule has 1 aliphatic carbocycles. The number of fused-ring (bicyclic) bond motifs is 3. The molecule has 0 radical (unpaired) electrons. The van der Waals surface area contributed by atoms with Crippen LogP contribution < -0.4 is 5.43 Å². The van der Waals surface area contributed by atoms with E-state index in [1.807, 2.05) is 0 Å². The Kier molecular flexibility index (Phi) is 1.79. The smallest absolute Gasteiger partial charge is 0.0600 e. The van der Waals surface area contributed by atoms with E-state index in [-0.39, 0.29) is 0 Å². The lowest BCUT2D eigenvalue weighted by atomic mass is 9.81. The van der Waals surface area contributed by atoms with Crippen LogP contribution in [0, 0.1) is 0 Å². The molecule has 0 bridgehead atoms. The summed E-state index contributed by atoms with van der Waals surface area (Å²) in [6, 6.07) is 8.53. The van der Waals surface area contributed by atoms with Crippen LogP contribution in [0.5, 0.6) is 0 Å². The molecule has 14 heavy (non-hydrogen) atoms. The molecular formula is C12H14N2. The third kappa shape index (κ3) is 1.14. The second kappa shape index (κ2) is 3.12.